The van der Waals surface area contributed by atoms with Crippen LogP contribution < -0.4 is 4.72 Å². The highest BCUT2D eigenvalue weighted by molar-refractivity contribution is 7.93. The van der Waals surface area contributed by atoms with Gasteiger partial charge in [-0.25, -0.2) is 13.4 Å². The number of hydrogen-bond donors (Lipinski definition) is 1. The lowest BCUT2D eigenvalue weighted by molar-refractivity contribution is -0.385. The van der Waals surface area contributed by atoms with Crippen LogP contribution in [0.3, 0.4) is 0 Å². The van der Waals surface area contributed by atoms with Gasteiger partial charge in [0.2, 0.25) is 0 Å². The minimum absolute atomic E-state index is 0.125. The molecule has 0 aliphatic carbocycles. The Kier molecular flexibility index (Phi) is 3.73. The summed E-state index contributed by atoms with van der Waals surface area (Å²) in [7, 11) is -3.89. The van der Waals surface area contributed by atoms with E-state index >= 15 is 0 Å². The third kappa shape index (κ3) is 2.94. The van der Waals surface area contributed by atoms with Gasteiger partial charge < -0.3 is 0 Å². The molecule has 1 N–H and O–H groups in total. The first-order valence-electron chi connectivity index (χ1n) is 5.49. The Hall–Kier alpha value is -2.00. The molecule has 9 heteroatoms. The molecule has 2 rings (SSSR count). The van der Waals surface area contributed by atoms with E-state index in [-0.39, 0.29) is 15.7 Å². The fourth-order valence-electron chi connectivity index (χ4n) is 1.56. The predicted molar refractivity (Wildman–Crippen MR) is 75.5 cm³/mol. The molecule has 0 atom stereocenters. The molecule has 0 radical (unpaired) electrons. The van der Waals surface area contributed by atoms with Gasteiger partial charge in [-0.1, -0.05) is 6.07 Å². The molecule has 2 aromatic rings. The molecule has 0 bridgehead atoms. The lowest BCUT2D eigenvalue weighted by atomic mass is 10.2. The van der Waals surface area contributed by atoms with E-state index in [9.17, 15) is 18.5 Å². The van der Waals surface area contributed by atoms with Crippen molar-refractivity contribution in [2.75, 3.05) is 4.72 Å². The Bertz CT molecular complexity index is 768. The summed E-state index contributed by atoms with van der Waals surface area (Å²) in [5.41, 5.74) is 0.853. The Balaban J connectivity index is 2.43. The fraction of sp³-hybridized carbons (Fsp3) is 0.182. The van der Waals surface area contributed by atoms with Gasteiger partial charge in [-0.2, -0.15) is 0 Å². The van der Waals surface area contributed by atoms with Crippen LogP contribution in [0.2, 0.25) is 0 Å². The Morgan fingerprint density at radius 3 is 2.60 bits per heavy atom. The molecule has 0 saturated carbocycles. The monoisotopic (exact) mass is 313 g/mol. The molecule has 0 aliphatic heterocycles. The van der Waals surface area contributed by atoms with Crippen LogP contribution in [0.4, 0.5) is 10.8 Å². The van der Waals surface area contributed by atoms with Crippen LogP contribution in [0.25, 0.3) is 0 Å². The van der Waals surface area contributed by atoms with Crippen molar-refractivity contribution in [1.82, 2.24) is 4.98 Å². The summed E-state index contributed by atoms with van der Waals surface area (Å²) < 4.78 is 26.8. The molecule has 1 aromatic heterocycles. The van der Waals surface area contributed by atoms with Crippen molar-refractivity contribution < 1.29 is 13.3 Å². The van der Waals surface area contributed by atoms with Crippen LogP contribution in [-0.2, 0) is 10.0 Å². The molecular formula is C11H11N3O4S2. The highest BCUT2D eigenvalue weighted by Gasteiger charge is 2.21. The van der Waals surface area contributed by atoms with E-state index in [1.165, 1.54) is 12.1 Å². The third-order valence-corrected chi connectivity index (χ3v) is 5.00. The number of aryl methyl sites for hydroxylation is 2. The van der Waals surface area contributed by atoms with Crippen molar-refractivity contribution >= 4 is 32.2 Å². The minimum atomic E-state index is -3.89. The van der Waals surface area contributed by atoms with Crippen LogP contribution in [0.15, 0.2) is 28.5 Å². The molecule has 0 saturated heterocycles. The minimum Gasteiger partial charge on any atom is -0.258 e. The molecule has 20 heavy (non-hydrogen) atoms. The molecule has 0 spiro atoms. The van der Waals surface area contributed by atoms with E-state index in [1.807, 2.05) is 0 Å². The Labute approximate surface area is 119 Å². The highest BCUT2D eigenvalue weighted by atomic mass is 32.2. The summed E-state index contributed by atoms with van der Waals surface area (Å²) in [5, 5.41) is 12.7. The van der Waals surface area contributed by atoms with E-state index < -0.39 is 14.9 Å². The van der Waals surface area contributed by atoms with Crippen LogP contribution in [-0.4, -0.2) is 18.3 Å². The van der Waals surface area contributed by atoms with Gasteiger partial charge in [-0.15, -0.1) is 11.3 Å². The van der Waals surface area contributed by atoms with Crippen molar-refractivity contribution in [2.24, 2.45) is 0 Å². The van der Waals surface area contributed by atoms with Gasteiger partial charge in [0.15, 0.2) is 5.13 Å². The zero-order valence-corrected chi connectivity index (χ0v) is 12.3. The number of non-ortho nitro benzene ring substituents is 1. The Morgan fingerprint density at radius 2 is 2.05 bits per heavy atom. The first kappa shape index (κ1) is 14.4. The molecular weight excluding hydrogens is 302 g/mol. The molecule has 1 aromatic carbocycles. The van der Waals surface area contributed by atoms with Gasteiger partial charge in [-0.3, -0.25) is 14.8 Å². The molecule has 7 nitrogen and oxygen atoms in total. The number of aromatic nitrogens is 1. The van der Waals surface area contributed by atoms with E-state index in [2.05, 4.69) is 9.71 Å². The first-order chi connectivity index (χ1) is 9.29. The fourth-order valence-corrected chi connectivity index (χ4v) is 3.77. The third-order valence-electron chi connectivity index (χ3n) is 2.51. The summed E-state index contributed by atoms with van der Waals surface area (Å²) in [4.78, 5) is 14.0. The summed E-state index contributed by atoms with van der Waals surface area (Å²) in [6.07, 6.45) is 0. The van der Waals surface area contributed by atoms with Crippen LogP contribution in [0.1, 0.15) is 11.3 Å². The number of nitrogens with zero attached hydrogens (tertiary/aromatic N) is 2. The lowest BCUT2D eigenvalue weighted by Crippen LogP contribution is -2.14. The summed E-state index contributed by atoms with van der Waals surface area (Å²) in [6, 6.07) is 3.71. The molecule has 1 heterocycles. The van der Waals surface area contributed by atoms with Crippen molar-refractivity contribution in [1.29, 1.82) is 0 Å². The van der Waals surface area contributed by atoms with Crippen molar-refractivity contribution in [3.8, 4) is 0 Å². The average Bonchev–Trinajstić information content (AvgIpc) is 2.73. The standard InChI is InChI=1S/C11H11N3O4S2/c1-7-3-4-9(14(15)16)5-10(7)20(17,18)13-11-12-8(2)6-19-11/h3-6H,1-2H3,(H,12,13). The Morgan fingerprint density at radius 1 is 1.35 bits per heavy atom. The zero-order chi connectivity index (χ0) is 14.9. The zero-order valence-electron chi connectivity index (χ0n) is 10.7. The molecule has 0 aliphatic rings. The molecule has 0 fully saturated rings. The number of anilines is 1. The van der Waals surface area contributed by atoms with Crippen LogP contribution >= 0.6 is 11.3 Å². The predicted octanol–water partition coefficient (Wildman–Crippen LogP) is 2.47. The van der Waals surface area contributed by atoms with E-state index in [0.29, 0.717) is 11.3 Å². The normalized spacial score (nSPS) is 11.3. The van der Waals surface area contributed by atoms with Crippen molar-refractivity contribution in [3.05, 3.63) is 45.0 Å². The van der Waals surface area contributed by atoms with Crippen molar-refractivity contribution in [3.63, 3.8) is 0 Å². The largest absolute Gasteiger partial charge is 0.270 e. The number of thiazole rings is 1. The summed E-state index contributed by atoms with van der Waals surface area (Å²) in [5.74, 6) is 0. The molecule has 0 amide bonds. The highest BCUT2D eigenvalue weighted by Crippen LogP contribution is 2.25. The maximum atomic E-state index is 12.2. The van der Waals surface area contributed by atoms with E-state index in [1.54, 1.807) is 19.2 Å². The number of hydrogen-bond acceptors (Lipinski definition) is 6. The van der Waals surface area contributed by atoms with Crippen LogP contribution in [0, 0.1) is 24.0 Å². The SMILES string of the molecule is Cc1csc(NS(=O)(=O)c2cc([N+](=O)[O-])ccc2C)n1. The second kappa shape index (κ2) is 5.17. The number of rotatable bonds is 4. The number of nitro benzene ring substituents is 1. The number of sulfonamides is 1. The first-order valence-corrected chi connectivity index (χ1v) is 7.86. The second-order valence-corrected chi connectivity index (χ2v) is 6.62. The van der Waals surface area contributed by atoms with Gasteiger partial charge in [-0.05, 0) is 19.4 Å². The van der Waals surface area contributed by atoms with E-state index in [4.69, 9.17) is 0 Å². The van der Waals surface area contributed by atoms with Gasteiger partial charge in [0.05, 0.1) is 15.5 Å². The van der Waals surface area contributed by atoms with Crippen molar-refractivity contribution in [2.45, 2.75) is 18.7 Å². The van der Waals surface area contributed by atoms with Gasteiger partial charge >= 0.3 is 0 Å². The average molecular weight is 313 g/mol. The number of nitro groups is 1. The maximum absolute atomic E-state index is 12.2. The molecule has 106 valence electrons. The second-order valence-electron chi connectivity index (χ2n) is 4.11. The molecule has 0 unspecified atom stereocenters. The number of nitrogens with one attached hydrogen (secondary N) is 1. The van der Waals surface area contributed by atoms with Crippen LogP contribution in [0.5, 0.6) is 0 Å². The quantitative estimate of drug-likeness (QED) is 0.690. The number of benzene rings is 1. The topological polar surface area (TPSA) is 102 Å². The summed E-state index contributed by atoms with van der Waals surface area (Å²) in [6.45, 7) is 3.32. The van der Waals surface area contributed by atoms with Gasteiger partial charge in [0, 0.05) is 17.5 Å². The van der Waals surface area contributed by atoms with Gasteiger partial charge in [0.1, 0.15) is 0 Å². The van der Waals surface area contributed by atoms with Gasteiger partial charge in [0.25, 0.3) is 15.7 Å². The maximum Gasteiger partial charge on any atom is 0.270 e. The summed E-state index contributed by atoms with van der Waals surface area (Å²) >= 11 is 1.15. The smallest absolute Gasteiger partial charge is 0.258 e. The van der Waals surface area contributed by atoms with E-state index in [0.717, 1.165) is 17.4 Å². The lowest BCUT2D eigenvalue weighted by Gasteiger charge is -2.07.